The second-order valence-electron chi connectivity index (χ2n) is 7.32. The summed E-state index contributed by atoms with van der Waals surface area (Å²) < 4.78 is 45.3. The van der Waals surface area contributed by atoms with Crippen molar-refractivity contribution in [3.63, 3.8) is 0 Å². The monoisotopic (exact) mass is 516 g/mol. The van der Waals surface area contributed by atoms with Crippen molar-refractivity contribution in [3.05, 3.63) is 105 Å². The molecule has 35 heavy (non-hydrogen) atoms. The third-order valence-corrected chi connectivity index (χ3v) is 6.27. The average Bonchev–Trinajstić information content (AvgIpc) is 3.10. The molecule has 3 aromatic rings. The minimum atomic E-state index is -4.55. The highest BCUT2D eigenvalue weighted by Crippen LogP contribution is 2.39. The molecule has 1 saturated heterocycles. The molecule has 0 saturated carbocycles. The zero-order valence-electron chi connectivity index (χ0n) is 17.7. The van der Waals surface area contributed by atoms with Crippen LogP contribution < -0.4 is 9.64 Å². The summed E-state index contributed by atoms with van der Waals surface area (Å²) in [5.74, 6) is -0.0836. The highest BCUT2D eigenvalue weighted by atomic mass is 32.2. The van der Waals surface area contributed by atoms with E-state index in [1.807, 2.05) is 0 Å². The number of amides is 1. The summed E-state index contributed by atoms with van der Waals surface area (Å²) in [6, 6.07) is 17.3. The average molecular weight is 517 g/mol. The minimum Gasteiger partial charge on any atom is -0.488 e. The first-order valence-corrected chi connectivity index (χ1v) is 11.3. The lowest BCUT2D eigenvalue weighted by Crippen LogP contribution is -2.27. The van der Waals surface area contributed by atoms with E-state index in [4.69, 9.17) is 17.0 Å². The number of para-hydroxylation sites is 1. The summed E-state index contributed by atoms with van der Waals surface area (Å²) in [4.78, 5) is 24.6. The molecule has 11 heteroatoms. The first kappa shape index (κ1) is 24.4. The van der Waals surface area contributed by atoms with Gasteiger partial charge in [0.15, 0.2) is 4.32 Å². The summed E-state index contributed by atoms with van der Waals surface area (Å²) >= 11 is 6.25. The normalized spacial score (nSPS) is 15.1. The third-order valence-electron chi connectivity index (χ3n) is 4.97. The second-order valence-corrected chi connectivity index (χ2v) is 8.99. The number of thiocarbonyl (C=S) groups is 1. The molecule has 1 amide bonds. The Morgan fingerprint density at radius 2 is 1.77 bits per heavy atom. The van der Waals surface area contributed by atoms with E-state index in [1.165, 1.54) is 24.3 Å². The molecule has 1 aliphatic heterocycles. The smallest absolute Gasteiger partial charge is 0.416 e. The number of hydrogen-bond donors (Lipinski definition) is 0. The van der Waals surface area contributed by atoms with Gasteiger partial charge in [-0.25, -0.2) is 0 Å². The number of carbonyl (C=O) groups excluding carboxylic acids is 1. The molecule has 0 aliphatic carbocycles. The number of nitro benzene ring substituents is 1. The number of non-ortho nitro benzene ring substituents is 1. The van der Waals surface area contributed by atoms with Crippen LogP contribution in [0, 0.1) is 10.1 Å². The summed E-state index contributed by atoms with van der Waals surface area (Å²) in [7, 11) is 0. The number of halogens is 3. The number of rotatable bonds is 6. The number of hydrogen-bond acceptors (Lipinski definition) is 6. The molecule has 0 N–H and O–H groups in total. The lowest BCUT2D eigenvalue weighted by molar-refractivity contribution is -0.384. The fourth-order valence-electron chi connectivity index (χ4n) is 3.26. The fraction of sp³-hybridized carbons (Fsp3) is 0.0833. The van der Waals surface area contributed by atoms with Crippen LogP contribution in [0.2, 0.25) is 0 Å². The lowest BCUT2D eigenvalue weighted by atomic mass is 10.1. The maximum Gasteiger partial charge on any atom is 0.416 e. The van der Waals surface area contributed by atoms with Gasteiger partial charge in [0.2, 0.25) is 0 Å². The Kier molecular flexibility index (Phi) is 6.90. The first-order chi connectivity index (χ1) is 16.6. The lowest BCUT2D eigenvalue weighted by Gasteiger charge is -2.16. The maximum absolute atomic E-state index is 13.1. The van der Waals surface area contributed by atoms with E-state index in [0.29, 0.717) is 16.9 Å². The predicted molar refractivity (Wildman–Crippen MR) is 131 cm³/mol. The van der Waals surface area contributed by atoms with Crippen LogP contribution in [-0.4, -0.2) is 15.2 Å². The van der Waals surface area contributed by atoms with Gasteiger partial charge in [-0.3, -0.25) is 19.8 Å². The largest absolute Gasteiger partial charge is 0.488 e. The Bertz CT molecular complexity index is 1340. The molecular formula is C24H15F3N2O4S2. The SMILES string of the molecule is O=C1/C(=C/c2ccccc2OCc2ccc([N+](=O)[O-])cc2)SC(=S)N1c1cccc(C(F)(F)F)c1. The number of nitro groups is 1. The van der Waals surface area contributed by atoms with Gasteiger partial charge < -0.3 is 4.74 Å². The van der Waals surface area contributed by atoms with Gasteiger partial charge in [0.25, 0.3) is 11.6 Å². The van der Waals surface area contributed by atoms with Crippen LogP contribution in [0.1, 0.15) is 16.7 Å². The van der Waals surface area contributed by atoms with E-state index in [9.17, 15) is 28.1 Å². The molecule has 1 fully saturated rings. The number of thioether (sulfide) groups is 1. The van der Waals surface area contributed by atoms with Crippen molar-refractivity contribution >= 4 is 51.7 Å². The molecule has 1 heterocycles. The molecule has 1 aliphatic rings. The summed E-state index contributed by atoms with van der Waals surface area (Å²) in [6.45, 7) is 0.133. The van der Waals surface area contributed by atoms with Crippen LogP contribution in [0.25, 0.3) is 6.08 Å². The summed E-state index contributed by atoms with van der Waals surface area (Å²) in [6.07, 6.45) is -2.98. The molecule has 6 nitrogen and oxygen atoms in total. The zero-order chi connectivity index (χ0) is 25.2. The van der Waals surface area contributed by atoms with Gasteiger partial charge in [0.1, 0.15) is 12.4 Å². The molecule has 178 valence electrons. The third kappa shape index (κ3) is 5.52. The van der Waals surface area contributed by atoms with Crippen LogP contribution in [0.4, 0.5) is 24.5 Å². The molecule has 0 bridgehead atoms. The van der Waals surface area contributed by atoms with Crippen molar-refractivity contribution in [1.29, 1.82) is 0 Å². The van der Waals surface area contributed by atoms with Crippen molar-refractivity contribution in [3.8, 4) is 5.75 Å². The molecule has 0 radical (unpaired) electrons. The van der Waals surface area contributed by atoms with E-state index in [2.05, 4.69) is 0 Å². The van der Waals surface area contributed by atoms with Gasteiger partial charge in [0.05, 0.1) is 21.1 Å². The number of benzene rings is 3. The van der Waals surface area contributed by atoms with Crippen LogP contribution >= 0.6 is 24.0 Å². The zero-order valence-corrected chi connectivity index (χ0v) is 19.3. The molecule has 0 spiro atoms. The Morgan fingerprint density at radius 3 is 2.46 bits per heavy atom. The van der Waals surface area contributed by atoms with Gasteiger partial charge in [0, 0.05) is 17.7 Å². The highest BCUT2D eigenvalue weighted by Gasteiger charge is 2.36. The van der Waals surface area contributed by atoms with Crippen LogP contribution in [0.5, 0.6) is 5.75 Å². The molecule has 3 aromatic carbocycles. The van der Waals surface area contributed by atoms with Gasteiger partial charge in [-0.2, -0.15) is 13.2 Å². The standard InChI is InChI=1S/C24H15F3N2O4S2/c25-24(26,27)17-5-3-6-19(13-17)28-22(30)21(35-23(28)34)12-16-4-1-2-7-20(16)33-14-15-8-10-18(11-9-15)29(31)32/h1-13H,14H2/b21-12-. The van der Waals surface area contributed by atoms with Crippen molar-refractivity contribution in [2.45, 2.75) is 12.8 Å². The molecular weight excluding hydrogens is 501 g/mol. The number of carbonyl (C=O) groups is 1. The van der Waals surface area contributed by atoms with Crippen molar-refractivity contribution in [1.82, 2.24) is 0 Å². The van der Waals surface area contributed by atoms with E-state index in [1.54, 1.807) is 42.5 Å². The van der Waals surface area contributed by atoms with E-state index in [0.717, 1.165) is 28.8 Å². The van der Waals surface area contributed by atoms with E-state index < -0.39 is 22.6 Å². The van der Waals surface area contributed by atoms with Crippen molar-refractivity contribution in [2.75, 3.05) is 4.90 Å². The van der Waals surface area contributed by atoms with Crippen molar-refractivity contribution in [2.24, 2.45) is 0 Å². The Balaban J connectivity index is 1.55. The minimum absolute atomic E-state index is 0.0306. The molecule has 0 atom stereocenters. The summed E-state index contributed by atoms with van der Waals surface area (Å²) in [5.41, 5.74) is 0.406. The topological polar surface area (TPSA) is 72.7 Å². The van der Waals surface area contributed by atoms with Crippen LogP contribution in [0.15, 0.2) is 77.7 Å². The molecule has 0 unspecified atom stereocenters. The van der Waals surface area contributed by atoms with Gasteiger partial charge in [-0.05, 0) is 48.0 Å². The van der Waals surface area contributed by atoms with Gasteiger partial charge in [-0.15, -0.1) is 0 Å². The predicted octanol–water partition coefficient (Wildman–Crippen LogP) is 6.60. The van der Waals surface area contributed by atoms with Gasteiger partial charge >= 0.3 is 6.18 Å². The quantitative estimate of drug-likeness (QED) is 0.159. The Morgan fingerprint density at radius 1 is 1.06 bits per heavy atom. The highest BCUT2D eigenvalue weighted by molar-refractivity contribution is 8.27. The second kappa shape index (κ2) is 9.88. The Hall–Kier alpha value is -3.70. The number of alkyl halides is 3. The number of anilines is 1. The van der Waals surface area contributed by atoms with Crippen LogP contribution in [-0.2, 0) is 17.6 Å². The first-order valence-electron chi connectivity index (χ1n) is 10.0. The van der Waals surface area contributed by atoms with Crippen molar-refractivity contribution < 1.29 is 27.6 Å². The summed E-state index contributed by atoms with van der Waals surface area (Å²) in [5, 5.41) is 10.8. The van der Waals surface area contributed by atoms with Gasteiger partial charge in [-0.1, -0.05) is 48.2 Å². The number of nitrogens with zero attached hydrogens (tertiary/aromatic N) is 2. The molecule has 0 aromatic heterocycles. The number of ether oxygens (including phenoxy) is 1. The Labute approximate surface area is 207 Å². The fourth-order valence-corrected chi connectivity index (χ4v) is 4.55. The van der Waals surface area contributed by atoms with E-state index >= 15 is 0 Å². The van der Waals surface area contributed by atoms with Crippen LogP contribution in [0.3, 0.4) is 0 Å². The van der Waals surface area contributed by atoms with E-state index in [-0.39, 0.29) is 27.2 Å². The maximum atomic E-state index is 13.1. The molecule has 4 rings (SSSR count).